The maximum Gasteiger partial charge on any atom is 0.269 e. The Balaban J connectivity index is 2.14. The molecule has 0 bridgehead atoms. The lowest BCUT2D eigenvalue weighted by molar-refractivity contribution is 0.103. The van der Waals surface area contributed by atoms with Crippen molar-refractivity contribution in [2.45, 2.75) is 0 Å². The highest BCUT2D eigenvalue weighted by Gasteiger charge is 2.11. The summed E-state index contributed by atoms with van der Waals surface area (Å²) in [5.74, 6) is 0.142. The van der Waals surface area contributed by atoms with E-state index in [1.807, 2.05) is 6.07 Å². The first-order valence-electron chi connectivity index (χ1n) is 4.99. The second-order valence-corrected chi connectivity index (χ2v) is 3.96. The van der Waals surface area contributed by atoms with Crippen molar-refractivity contribution in [1.29, 1.82) is 5.26 Å². The van der Waals surface area contributed by atoms with Gasteiger partial charge in [-0.05, 0) is 23.7 Å². The predicted octanol–water partition coefficient (Wildman–Crippen LogP) is 1.69. The molecule has 1 amide bonds. The third-order valence-corrected chi connectivity index (χ3v) is 2.68. The highest BCUT2D eigenvalue weighted by molar-refractivity contribution is 7.07. The quantitative estimate of drug-likeness (QED) is 0.903. The zero-order chi connectivity index (χ0) is 12.8. The average molecular weight is 260 g/mol. The fourth-order valence-corrected chi connectivity index (χ4v) is 1.67. The molecule has 1 aromatic carbocycles. The van der Waals surface area contributed by atoms with Crippen LogP contribution in [0.3, 0.4) is 0 Å². The molecular formula is C11H8N4O2S. The molecule has 18 heavy (non-hydrogen) atoms. The average Bonchev–Trinajstić information content (AvgIpc) is 2.91. The molecule has 0 saturated carbocycles. The van der Waals surface area contributed by atoms with Gasteiger partial charge in [0.25, 0.3) is 5.91 Å². The maximum atomic E-state index is 11.8. The summed E-state index contributed by atoms with van der Waals surface area (Å²) in [5.41, 5.74) is 0.506. The van der Waals surface area contributed by atoms with Crippen molar-refractivity contribution in [2.24, 2.45) is 0 Å². The number of nitriles is 1. The zero-order valence-electron chi connectivity index (χ0n) is 9.16. The number of ether oxygens (including phenoxy) is 1. The summed E-state index contributed by atoms with van der Waals surface area (Å²) in [6, 6.07) is 8.77. The summed E-state index contributed by atoms with van der Waals surface area (Å²) >= 11 is 1.01. The summed E-state index contributed by atoms with van der Waals surface area (Å²) in [7, 11) is 0. The van der Waals surface area contributed by atoms with Gasteiger partial charge >= 0.3 is 0 Å². The Morgan fingerprint density at radius 2 is 2.33 bits per heavy atom. The lowest BCUT2D eigenvalue weighted by Crippen LogP contribution is -2.11. The highest BCUT2D eigenvalue weighted by atomic mass is 32.1. The van der Waals surface area contributed by atoms with Gasteiger partial charge in [-0.25, -0.2) is 0 Å². The summed E-state index contributed by atoms with van der Waals surface area (Å²) < 4.78 is 8.81. The van der Waals surface area contributed by atoms with Crippen LogP contribution in [0.2, 0.25) is 0 Å². The molecule has 0 fully saturated rings. The van der Waals surface area contributed by atoms with Gasteiger partial charge in [-0.2, -0.15) is 5.26 Å². The van der Waals surface area contributed by atoms with E-state index in [9.17, 15) is 4.79 Å². The van der Waals surface area contributed by atoms with Crippen molar-refractivity contribution < 1.29 is 9.53 Å². The number of para-hydroxylation sites is 2. The Bertz CT molecular complexity index is 577. The first-order valence-corrected chi connectivity index (χ1v) is 5.76. The van der Waals surface area contributed by atoms with Gasteiger partial charge in [-0.3, -0.25) is 4.79 Å². The molecule has 1 aromatic heterocycles. The molecule has 2 aromatic rings. The van der Waals surface area contributed by atoms with Gasteiger partial charge in [0.2, 0.25) is 0 Å². The number of anilines is 1. The molecule has 0 atom stereocenters. The number of nitrogens with zero attached hydrogens (tertiary/aromatic N) is 3. The Labute approximate surface area is 107 Å². The minimum Gasteiger partial charge on any atom is -0.477 e. The SMILES string of the molecule is N#CCOc1ccccc1NC(=O)c1cnns1. The molecule has 0 aliphatic rings. The van der Waals surface area contributed by atoms with Crippen molar-refractivity contribution >= 4 is 23.1 Å². The van der Waals surface area contributed by atoms with Crippen LogP contribution in [0.25, 0.3) is 0 Å². The van der Waals surface area contributed by atoms with Crippen molar-refractivity contribution in [2.75, 3.05) is 11.9 Å². The molecule has 0 unspecified atom stereocenters. The van der Waals surface area contributed by atoms with Crippen LogP contribution in [0.1, 0.15) is 9.67 Å². The fraction of sp³-hybridized carbons (Fsp3) is 0.0909. The van der Waals surface area contributed by atoms with Gasteiger partial charge in [0, 0.05) is 0 Å². The van der Waals surface area contributed by atoms with E-state index in [1.165, 1.54) is 6.20 Å². The van der Waals surface area contributed by atoms with Gasteiger partial charge in [-0.1, -0.05) is 16.6 Å². The molecule has 1 heterocycles. The fourth-order valence-electron chi connectivity index (χ4n) is 1.26. The van der Waals surface area contributed by atoms with Crippen LogP contribution in [-0.4, -0.2) is 22.1 Å². The summed E-state index contributed by atoms with van der Waals surface area (Å²) in [6.45, 7) is -0.0744. The van der Waals surface area contributed by atoms with Gasteiger partial charge in [0.05, 0.1) is 11.9 Å². The molecule has 0 saturated heterocycles. The zero-order valence-corrected chi connectivity index (χ0v) is 9.98. The van der Waals surface area contributed by atoms with Crippen molar-refractivity contribution in [1.82, 2.24) is 9.59 Å². The molecule has 0 aliphatic carbocycles. The number of carbonyl (C=O) groups excluding carboxylic acids is 1. The van der Waals surface area contributed by atoms with E-state index < -0.39 is 0 Å². The standard InChI is InChI=1S/C11H8N4O2S/c12-5-6-17-9-4-2-1-3-8(9)14-11(16)10-7-13-15-18-10/h1-4,7H,6H2,(H,14,16). The number of nitrogens with one attached hydrogen (secondary N) is 1. The van der Waals surface area contributed by atoms with Gasteiger partial charge in [0.1, 0.15) is 16.7 Å². The maximum absolute atomic E-state index is 11.8. The van der Waals surface area contributed by atoms with E-state index in [2.05, 4.69) is 14.9 Å². The molecular weight excluding hydrogens is 252 g/mol. The number of aromatic nitrogens is 2. The van der Waals surface area contributed by atoms with Gasteiger partial charge in [-0.15, -0.1) is 5.10 Å². The molecule has 90 valence electrons. The van der Waals surface area contributed by atoms with E-state index in [0.717, 1.165) is 11.5 Å². The van der Waals surface area contributed by atoms with Crippen LogP contribution in [-0.2, 0) is 0 Å². The smallest absolute Gasteiger partial charge is 0.269 e. The summed E-state index contributed by atoms with van der Waals surface area (Å²) in [4.78, 5) is 12.2. The molecule has 0 spiro atoms. The normalized spacial score (nSPS) is 9.50. The second-order valence-electron chi connectivity index (χ2n) is 3.18. The molecule has 1 N–H and O–H groups in total. The highest BCUT2D eigenvalue weighted by Crippen LogP contribution is 2.24. The van der Waals surface area contributed by atoms with Crippen LogP contribution in [0.15, 0.2) is 30.5 Å². The Morgan fingerprint density at radius 3 is 3.06 bits per heavy atom. The van der Waals surface area contributed by atoms with E-state index in [4.69, 9.17) is 10.00 Å². The van der Waals surface area contributed by atoms with Gasteiger partial charge in [0.15, 0.2) is 6.61 Å². The monoisotopic (exact) mass is 260 g/mol. The molecule has 6 nitrogen and oxygen atoms in total. The van der Waals surface area contributed by atoms with E-state index in [-0.39, 0.29) is 12.5 Å². The van der Waals surface area contributed by atoms with Crippen LogP contribution in [0.5, 0.6) is 5.75 Å². The third-order valence-electron chi connectivity index (χ3n) is 2.01. The van der Waals surface area contributed by atoms with E-state index in [0.29, 0.717) is 16.3 Å². The van der Waals surface area contributed by atoms with Crippen LogP contribution < -0.4 is 10.1 Å². The Morgan fingerprint density at radius 1 is 1.50 bits per heavy atom. The Hall–Kier alpha value is -2.46. The first-order chi connectivity index (χ1) is 8.81. The van der Waals surface area contributed by atoms with Crippen LogP contribution in [0.4, 0.5) is 5.69 Å². The van der Waals surface area contributed by atoms with Crippen LogP contribution in [0, 0.1) is 11.3 Å². The molecule has 0 aliphatic heterocycles. The van der Waals surface area contributed by atoms with Crippen molar-refractivity contribution in [3.63, 3.8) is 0 Å². The lowest BCUT2D eigenvalue weighted by atomic mass is 10.3. The number of rotatable bonds is 4. The van der Waals surface area contributed by atoms with E-state index >= 15 is 0 Å². The second kappa shape index (κ2) is 5.75. The number of carbonyl (C=O) groups is 1. The topological polar surface area (TPSA) is 87.9 Å². The summed E-state index contributed by atoms with van der Waals surface area (Å²) in [6.07, 6.45) is 1.39. The first kappa shape index (κ1) is 12.0. The summed E-state index contributed by atoms with van der Waals surface area (Å²) in [5, 5.41) is 14.7. The predicted molar refractivity (Wildman–Crippen MR) is 65.4 cm³/mol. The largest absolute Gasteiger partial charge is 0.477 e. The van der Waals surface area contributed by atoms with E-state index in [1.54, 1.807) is 24.3 Å². The van der Waals surface area contributed by atoms with Crippen molar-refractivity contribution in [3.8, 4) is 11.8 Å². The molecule has 7 heteroatoms. The number of hydrogen-bond donors (Lipinski definition) is 1. The lowest BCUT2D eigenvalue weighted by Gasteiger charge is -2.09. The molecule has 2 rings (SSSR count). The number of amides is 1. The van der Waals surface area contributed by atoms with Crippen molar-refractivity contribution in [3.05, 3.63) is 35.3 Å². The van der Waals surface area contributed by atoms with Gasteiger partial charge < -0.3 is 10.1 Å². The van der Waals surface area contributed by atoms with Crippen LogP contribution >= 0.6 is 11.5 Å². The number of benzene rings is 1. The third kappa shape index (κ3) is 2.81. The Kier molecular flexibility index (Phi) is 3.83. The minimum atomic E-state index is -0.307. The molecule has 0 radical (unpaired) electrons. The number of hydrogen-bond acceptors (Lipinski definition) is 6. The minimum absolute atomic E-state index is 0.0744.